The lowest BCUT2D eigenvalue weighted by molar-refractivity contribution is -0.146. The van der Waals surface area contributed by atoms with Gasteiger partial charge in [-0.15, -0.1) is 0 Å². The van der Waals surface area contributed by atoms with Crippen LogP contribution in [0.2, 0.25) is 0 Å². The minimum absolute atomic E-state index is 0.112. The number of carboxylic acid groups (broad SMARTS) is 1. The van der Waals surface area contributed by atoms with E-state index in [1.807, 2.05) is 0 Å². The summed E-state index contributed by atoms with van der Waals surface area (Å²) in [6, 6.07) is 2.65. The predicted octanol–water partition coefficient (Wildman–Crippen LogP) is 2.19. The average molecular weight is 242 g/mol. The Morgan fingerprint density at radius 1 is 1.47 bits per heavy atom. The molecule has 17 heavy (non-hydrogen) atoms. The molecule has 0 bridgehead atoms. The minimum Gasteiger partial charge on any atom is -0.505 e. The van der Waals surface area contributed by atoms with Crippen LogP contribution in [0.1, 0.15) is 19.4 Å². The van der Waals surface area contributed by atoms with Crippen molar-refractivity contribution in [3.63, 3.8) is 0 Å². The molecule has 0 aromatic heterocycles. The fourth-order valence-electron chi connectivity index (χ4n) is 1.50. The minimum atomic E-state index is -1.03. The lowest BCUT2D eigenvalue weighted by Gasteiger charge is -2.20. The van der Waals surface area contributed by atoms with Gasteiger partial charge in [-0.2, -0.15) is 4.39 Å². The summed E-state index contributed by atoms with van der Waals surface area (Å²) in [5.41, 5.74) is -0.619. The number of carboxylic acids is 1. The van der Waals surface area contributed by atoms with Gasteiger partial charge >= 0.3 is 5.97 Å². The fourth-order valence-corrected chi connectivity index (χ4v) is 1.50. The first-order chi connectivity index (χ1) is 7.79. The molecule has 0 atom stereocenters. The summed E-state index contributed by atoms with van der Waals surface area (Å²) in [6.45, 7) is 3.08. The Morgan fingerprint density at radius 3 is 2.53 bits per heavy atom. The number of carbonyl (C=O) groups is 1. The molecule has 1 aromatic carbocycles. The van der Waals surface area contributed by atoms with Gasteiger partial charge in [-0.1, -0.05) is 6.07 Å². The van der Waals surface area contributed by atoms with Crippen molar-refractivity contribution in [1.82, 2.24) is 0 Å². The van der Waals surface area contributed by atoms with Crippen LogP contribution in [0.4, 0.5) is 4.39 Å². The molecule has 0 fully saturated rings. The van der Waals surface area contributed by atoms with Gasteiger partial charge in [0.2, 0.25) is 5.82 Å². The number of benzene rings is 1. The van der Waals surface area contributed by atoms with Crippen molar-refractivity contribution in [3.8, 4) is 11.5 Å². The first-order valence-electron chi connectivity index (χ1n) is 5.07. The summed E-state index contributed by atoms with van der Waals surface area (Å²) in [7, 11) is 1.27. The maximum absolute atomic E-state index is 13.5. The third kappa shape index (κ3) is 2.67. The zero-order valence-electron chi connectivity index (χ0n) is 9.95. The maximum Gasteiger partial charge on any atom is 0.309 e. The summed E-state index contributed by atoms with van der Waals surface area (Å²) in [4.78, 5) is 11.0. The Hall–Kier alpha value is -1.78. The van der Waals surface area contributed by atoms with Crippen LogP contribution in [0, 0.1) is 11.2 Å². The van der Waals surface area contributed by atoms with Crippen LogP contribution in [0.3, 0.4) is 0 Å². The number of hydrogen-bond acceptors (Lipinski definition) is 3. The predicted molar refractivity (Wildman–Crippen MR) is 59.7 cm³/mol. The second-order valence-electron chi connectivity index (χ2n) is 4.46. The average Bonchev–Trinajstić information content (AvgIpc) is 2.23. The number of aliphatic carboxylic acids is 1. The zero-order chi connectivity index (χ0) is 13.2. The molecule has 0 saturated heterocycles. The first kappa shape index (κ1) is 13.3. The second-order valence-corrected chi connectivity index (χ2v) is 4.46. The van der Waals surface area contributed by atoms with Gasteiger partial charge in [0.25, 0.3) is 0 Å². The number of methoxy groups -OCH3 is 1. The topological polar surface area (TPSA) is 66.8 Å². The van der Waals surface area contributed by atoms with Crippen molar-refractivity contribution in [2.45, 2.75) is 20.3 Å². The van der Waals surface area contributed by atoms with Gasteiger partial charge < -0.3 is 14.9 Å². The van der Waals surface area contributed by atoms with E-state index >= 15 is 0 Å². The smallest absolute Gasteiger partial charge is 0.309 e. The highest BCUT2D eigenvalue weighted by atomic mass is 19.1. The molecule has 0 spiro atoms. The highest BCUT2D eigenvalue weighted by Crippen LogP contribution is 2.33. The van der Waals surface area contributed by atoms with Crippen LogP contribution in [0.5, 0.6) is 11.5 Å². The molecule has 5 heteroatoms. The molecule has 1 rings (SSSR count). The van der Waals surface area contributed by atoms with Gasteiger partial charge in [-0.05, 0) is 31.9 Å². The molecule has 0 radical (unpaired) electrons. The summed E-state index contributed by atoms with van der Waals surface area (Å²) in [6.07, 6.45) is 0.114. The van der Waals surface area contributed by atoms with E-state index in [0.717, 1.165) is 0 Å². The van der Waals surface area contributed by atoms with E-state index in [1.165, 1.54) is 19.2 Å². The van der Waals surface area contributed by atoms with Gasteiger partial charge in [-0.3, -0.25) is 4.79 Å². The number of halogens is 1. The van der Waals surface area contributed by atoms with Gasteiger partial charge in [0.15, 0.2) is 11.5 Å². The zero-order valence-corrected chi connectivity index (χ0v) is 9.95. The Morgan fingerprint density at radius 2 is 2.06 bits per heavy atom. The van der Waals surface area contributed by atoms with E-state index in [-0.39, 0.29) is 12.2 Å². The fraction of sp³-hybridized carbons (Fsp3) is 0.417. The van der Waals surface area contributed by atoms with Crippen LogP contribution < -0.4 is 4.74 Å². The maximum atomic E-state index is 13.5. The summed E-state index contributed by atoms with van der Waals surface area (Å²) < 4.78 is 18.4. The lowest BCUT2D eigenvalue weighted by atomic mass is 9.85. The Labute approximate surface area is 98.7 Å². The SMILES string of the molecule is COc1c(CC(C)(C)C(=O)O)ccc(O)c1F. The van der Waals surface area contributed by atoms with Crippen LogP contribution in [-0.4, -0.2) is 23.3 Å². The number of phenolic OH excluding ortho intramolecular Hbond substituents is 1. The van der Waals surface area contributed by atoms with E-state index in [4.69, 9.17) is 9.84 Å². The van der Waals surface area contributed by atoms with Crippen molar-refractivity contribution in [1.29, 1.82) is 0 Å². The Balaban J connectivity index is 3.16. The van der Waals surface area contributed by atoms with Crippen LogP contribution in [0.15, 0.2) is 12.1 Å². The second kappa shape index (κ2) is 4.61. The molecule has 94 valence electrons. The van der Waals surface area contributed by atoms with Crippen molar-refractivity contribution in [2.75, 3.05) is 7.11 Å². The first-order valence-corrected chi connectivity index (χ1v) is 5.07. The Bertz CT molecular complexity index is 440. The molecule has 0 aliphatic rings. The quantitative estimate of drug-likeness (QED) is 0.849. The molecule has 2 N–H and O–H groups in total. The van der Waals surface area contributed by atoms with E-state index in [1.54, 1.807) is 13.8 Å². The normalized spacial score (nSPS) is 11.3. The summed E-state index contributed by atoms with van der Waals surface area (Å²) in [5.74, 6) is -2.47. The lowest BCUT2D eigenvalue weighted by Crippen LogP contribution is -2.26. The van der Waals surface area contributed by atoms with Crippen molar-refractivity contribution < 1.29 is 24.1 Å². The van der Waals surface area contributed by atoms with E-state index in [2.05, 4.69) is 0 Å². The summed E-state index contributed by atoms with van der Waals surface area (Å²) in [5, 5.41) is 18.2. The number of rotatable bonds is 4. The third-order valence-electron chi connectivity index (χ3n) is 2.57. The van der Waals surface area contributed by atoms with Crippen molar-refractivity contribution in [3.05, 3.63) is 23.5 Å². The molecule has 0 heterocycles. The molecular formula is C12H15FO4. The molecule has 4 nitrogen and oxygen atoms in total. The molecule has 0 unspecified atom stereocenters. The monoisotopic (exact) mass is 242 g/mol. The number of hydrogen-bond donors (Lipinski definition) is 2. The van der Waals surface area contributed by atoms with Gasteiger partial charge in [0.05, 0.1) is 12.5 Å². The largest absolute Gasteiger partial charge is 0.505 e. The van der Waals surface area contributed by atoms with Gasteiger partial charge in [0, 0.05) is 0 Å². The van der Waals surface area contributed by atoms with Crippen LogP contribution in [-0.2, 0) is 11.2 Å². The van der Waals surface area contributed by atoms with E-state index in [0.29, 0.717) is 5.56 Å². The van der Waals surface area contributed by atoms with Gasteiger partial charge in [0.1, 0.15) is 0 Å². The molecule has 0 aliphatic heterocycles. The number of ether oxygens (including phenoxy) is 1. The third-order valence-corrected chi connectivity index (χ3v) is 2.57. The summed E-state index contributed by atoms with van der Waals surface area (Å²) >= 11 is 0. The molecular weight excluding hydrogens is 227 g/mol. The van der Waals surface area contributed by atoms with E-state index in [9.17, 15) is 14.3 Å². The number of phenols is 1. The van der Waals surface area contributed by atoms with E-state index < -0.39 is 23.0 Å². The van der Waals surface area contributed by atoms with Crippen molar-refractivity contribution >= 4 is 5.97 Å². The molecule has 1 aromatic rings. The number of aromatic hydroxyl groups is 1. The molecule has 0 aliphatic carbocycles. The molecule has 0 saturated carbocycles. The standard InChI is InChI=1S/C12H15FO4/c1-12(2,11(15)16)6-7-4-5-8(14)9(13)10(7)17-3/h4-5,14H,6H2,1-3H3,(H,15,16). The van der Waals surface area contributed by atoms with Crippen LogP contribution in [0.25, 0.3) is 0 Å². The highest BCUT2D eigenvalue weighted by Gasteiger charge is 2.29. The van der Waals surface area contributed by atoms with Gasteiger partial charge in [-0.25, -0.2) is 0 Å². The molecule has 0 amide bonds. The van der Waals surface area contributed by atoms with Crippen LogP contribution >= 0.6 is 0 Å². The van der Waals surface area contributed by atoms with Crippen molar-refractivity contribution in [2.24, 2.45) is 5.41 Å². The Kier molecular flexibility index (Phi) is 3.60. The highest BCUT2D eigenvalue weighted by molar-refractivity contribution is 5.74.